The molecule has 0 aromatic carbocycles. The fourth-order valence-corrected chi connectivity index (χ4v) is 4.49. The smallest absolute Gasteiger partial charge is 0.228 e. The van der Waals surface area contributed by atoms with Crippen LogP contribution < -0.4 is 0 Å². The number of morpholine rings is 1. The van der Waals surface area contributed by atoms with Crippen LogP contribution in [-0.2, 0) is 16.0 Å². The molecule has 2 saturated heterocycles. The predicted molar refractivity (Wildman–Crippen MR) is 115 cm³/mol. The highest BCUT2D eigenvalue weighted by atomic mass is 16.5. The minimum absolute atomic E-state index is 0.141. The van der Waals surface area contributed by atoms with E-state index in [9.17, 15) is 4.79 Å². The Morgan fingerprint density at radius 1 is 1.03 bits per heavy atom. The number of aromatic nitrogens is 3. The second-order valence-corrected chi connectivity index (χ2v) is 8.27. The molecule has 5 heterocycles. The number of piperidine rings is 1. The maximum absolute atomic E-state index is 12.9. The Morgan fingerprint density at radius 3 is 2.58 bits per heavy atom. The van der Waals surface area contributed by atoms with Gasteiger partial charge >= 0.3 is 0 Å². The molecule has 0 atom stereocenters. The summed E-state index contributed by atoms with van der Waals surface area (Å²) in [4.78, 5) is 30.5. The number of aryl methyl sites for hydroxylation is 1. The van der Waals surface area contributed by atoms with E-state index in [1.807, 2.05) is 24.0 Å². The first-order valence-corrected chi connectivity index (χ1v) is 10.9. The van der Waals surface area contributed by atoms with E-state index in [-0.39, 0.29) is 5.91 Å². The number of oxazole rings is 1. The molecule has 2 aliphatic heterocycles. The Kier molecular flexibility index (Phi) is 5.65. The molecule has 2 fully saturated rings. The number of pyridine rings is 2. The molecule has 5 rings (SSSR count). The zero-order valence-corrected chi connectivity index (χ0v) is 17.8. The van der Waals surface area contributed by atoms with Crippen LogP contribution in [0.1, 0.15) is 24.4 Å². The average Bonchev–Trinajstić information content (AvgIpc) is 3.25. The summed E-state index contributed by atoms with van der Waals surface area (Å²) in [6.07, 6.45) is 7.56. The molecule has 8 heteroatoms. The van der Waals surface area contributed by atoms with Gasteiger partial charge in [-0.15, -0.1) is 0 Å². The summed E-state index contributed by atoms with van der Waals surface area (Å²) in [7, 11) is 0. The van der Waals surface area contributed by atoms with Gasteiger partial charge in [0.05, 0.1) is 43.2 Å². The molecule has 1 amide bonds. The normalized spacial score (nSPS) is 18.5. The lowest BCUT2D eigenvalue weighted by atomic mass is 10.0. The van der Waals surface area contributed by atoms with E-state index < -0.39 is 0 Å². The molecule has 8 nitrogen and oxygen atoms in total. The summed E-state index contributed by atoms with van der Waals surface area (Å²) in [5.74, 6) is 1.44. The molecule has 3 aromatic rings. The first-order chi connectivity index (χ1) is 15.2. The summed E-state index contributed by atoms with van der Waals surface area (Å²) < 4.78 is 11.1. The molecule has 31 heavy (non-hydrogen) atoms. The van der Waals surface area contributed by atoms with Gasteiger partial charge in [0.2, 0.25) is 5.91 Å². The minimum Gasteiger partial charge on any atom is -0.441 e. The van der Waals surface area contributed by atoms with Gasteiger partial charge in [0.1, 0.15) is 0 Å². The van der Waals surface area contributed by atoms with E-state index in [1.54, 1.807) is 18.6 Å². The van der Waals surface area contributed by atoms with Crippen LogP contribution >= 0.6 is 0 Å². The van der Waals surface area contributed by atoms with Crippen LogP contribution in [0.2, 0.25) is 0 Å². The first kappa shape index (κ1) is 20.1. The largest absolute Gasteiger partial charge is 0.441 e. The molecule has 0 saturated carbocycles. The second kappa shape index (κ2) is 8.72. The fraction of sp³-hybridized carbons (Fsp3) is 0.478. The van der Waals surface area contributed by atoms with Gasteiger partial charge in [-0.1, -0.05) is 0 Å². The molecule has 0 unspecified atom stereocenters. The molecule has 0 spiro atoms. The summed E-state index contributed by atoms with van der Waals surface area (Å²) in [6, 6.07) is 4.52. The lowest BCUT2D eigenvalue weighted by molar-refractivity contribution is -0.132. The van der Waals surface area contributed by atoms with E-state index in [4.69, 9.17) is 9.15 Å². The maximum atomic E-state index is 12.9. The Hall–Kier alpha value is -2.84. The SMILES string of the molecule is Cc1ncc(-c2cnc3cnc(CC(=O)N4CCC(N5CCOCC5)CC4)cc3c2)o1. The van der Waals surface area contributed by atoms with Crippen molar-refractivity contribution in [2.24, 2.45) is 0 Å². The standard InChI is InChI=1S/C23H27N5O3/c1-16-24-15-22(31-16)18-10-17-11-19(25-14-21(17)26-13-18)12-23(29)28-4-2-20(3-5-28)27-6-8-30-9-7-27/h10-11,13-15,20H,2-9,12H2,1H3. The average molecular weight is 422 g/mol. The number of carbonyl (C=O) groups is 1. The second-order valence-electron chi connectivity index (χ2n) is 8.27. The van der Waals surface area contributed by atoms with Crippen molar-refractivity contribution in [2.45, 2.75) is 32.2 Å². The highest BCUT2D eigenvalue weighted by molar-refractivity contribution is 5.84. The number of rotatable bonds is 4. The number of amides is 1. The molecular weight excluding hydrogens is 394 g/mol. The van der Waals surface area contributed by atoms with Crippen molar-refractivity contribution >= 4 is 16.8 Å². The van der Waals surface area contributed by atoms with Crippen molar-refractivity contribution in [3.63, 3.8) is 0 Å². The molecule has 0 aliphatic carbocycles. The van der Waals surface area contributed by atoms with Crippen molar-refractivity contribution in [1.82, 2.24) is 24.8 Å². The number of fused-ring (bicyclic) bond motifs is 1. The topological polar surface area (TPSA) is 84.6 Å². The van der Waals surface area contributed by atoms with Crippen LogP contribution in [0, 0.1) is 6.92 Å². The third-order valence-electron chi connectivity index (χ3n) is 6.24. The Bertz CT molecular complexity index is 1070. The van der Waals surface area contributed by atoms with Crippen LogP contribution in [-0.4, -0.2) is 76.1 Å². The van der Waals surface area contributed by atoms with Gasteiger partial charge < -0.3 is 14.1 Å². The monoisotopic (exact) mass is 421 g/mol. The summed E-state index contributed by atoms with van der Waals surface area (Å²) >= 11 is 0. The predicted octanol–water partition coefficient (Wildman–Crippen LogP) is 2.46. The zero-order chi connectivity index (χ0) is 21.2. The molecule has 2 aliphatic rings. The zero-order valence-electron chi connectivity index (χ0n) is 17.8. The number of hydrogen-bond acceptors (Lipinski definition) is 7. The van der Waals surface area contributed by atoms with Gasteiger partial charge in [-0.2, -0.15) is 0 Å². The lowest BCUT2D eigenvalue weighted by Crippen LogP contribution is -2.50. The Morgan fingerprint density at radius 2 is 1.84 bits per heavy atom. The third kappa shape index (κ3) is 4.45. The highest BCUT2D eigenvalue weighted by Crippen LogP contribution is 2.24. The number of likely N-dealkylation sites (tertiary alicyclic amines) is 1. The first-order valence-electron chi connectivity index (χ1n) is 10.9. The van der Waals surface area contributed by atoms with Gasteiger partial charge in [-0.05, 0) is 25.0 Å². The summed E-state index contributed by atoms with van der Waals surface area (Å²) in [6.45, 7) is 7.08. The van der Waals surface area contributed by atoms with E-state index in [0.717, 1.165) is 74.4 Å². The van der Waals surface area contributed by atoms with Crippen molar-refractivity contribution in [2.75, 3.05) is 39.4 Å². The van der Waals surface area contributed by atoms with Crippen molar-refractivity contribution in [1.29, 1.82) is 0 Å². The van der Waals surface area contributed by atoms with Gasteiger partial charge in [0, 0.05) is 56.3 Å². The molecule has 0 bridgehead atoms. The molecule has 162 valence electrons. The molecule has 0 N–H and O–H groups in total. The maximum Gasteiger partial charge on any atom is 0.228 e. The van der Waals surface area contributed by atoms with Crippen LogP contribution in [0.3, 0.4) is 0 Å². The van der Waals surface area contributed by atoms with E-state index in [1.165, 1.54) is 0 Å². The van der Waals surface area contributed by atoms with E-state index in [0.29, 0.717) is 24.1 Å². The molecule has 3 aromatic heterocycles. The van der Waals surface area contributed by atoms with Gasteiger partial charge in [-0.25, -0.2) is 4.98 Å². The summed E-state index contributed by atoms with van der Waals surface area (Å²) in [5.41, 5.74) is 2.42. The number of hydrogen-bond donors (Lipinski definition) is 0. The Balaban J connectivity index is 1.24. The highest BCUT2D eigenvalue weighted by Gasteiger charge is 2.27. The van der Waals surface area contributed by atoms with Crippen LogP contribution in [0.4, 0.5) is 0 Å². The molecular formula is C23H27N5O3. The van der Waals surface area contributed by atoms with Crippen molar-refractivity contribution < 1.29 is 13.9 Å². The van der Waals surface area contributed by atoms with E-state index >= 15 is 0 Å². The quantitative estimate of drug-likeness (QED) is 0.640. The third-order valence-corrected chi connectivity index (χ3v) is 6.24. The van der Waals surface area contributed by atoms with Gasteiger partial charge in [0.25, 0.3) is 0 Å². The number of ether oxygens (including phenoxy) is 1. The minimum atomic E-state index is 0.141. The van der Waals surface area contributed by atoms with Crippen LogP contribution in [0.15, 0.2) is 35.1 Å². The fourth-order valence-electron chi connectivity index (χ4n) is 4.49. The number of nitrogens with zero attached hydrogens (tertiary/aromatic N) is 5. The van der Waals surface area contributed by atoms with Crippen LogP contribution in [0.5, 0.6) is 0 Å². The number of carbonyl (C=O) groups excluding carboxylic acids is 1. The van der Waals surface area contributed by atoms with Gasteiger partial charge in [-0.3, -0.25) is 19.7 Å². The van der Waals surface area contributed by atoms with E-state index in [2.05, 4.69) is 19.9 Å². The van der Waals surface area contributed by atoms with Crippen molar-refractivity contribution in [3.8, 4) is 11.3 Å². The van der Waals surface area contributed by atoms with Crippen LogP contribution in [0.25, 0.3) is 22.2 Å². The Labute approximate surface area is 181 Å². The molecule has 0 radical (unpaired) electrons. The van der Waals surface area contributed by atoms with Crippen molar-refractivity contribution in [3.05, 3.63) is 42.3 Å². The summed E-state index contributed by atoms with van der Waals surface area (Å²) in [5, 5.41) is 0.940. The lowest BCUT2D eigenvalue weighted by Gasteiger charge is -2.40. The van der Waals surface area contributed by atoms with Gasteiger partial charge in [0.15, 0.2) is 11.7 Å².